The molecule has 0 spiro atoms. The molecule has 0 amide bonds. The molecule has 0 aromatic heterocycles. The molecule has 1 aromatic carbocycles. The van der Waals surface area contributed by atoms with E-state index in [1.807, 2.05) is 7.05 Å². The van der Waals surface area contributed by atoms with Gasteiger partial charge in [-0.15, -0.1) is 0 Å². The summed E-state index contributed by atoms with van der Waals surface area (Å²) in [5.74, 6) is 1.42. The normalized spacial score (nSPS) is 19.8. The zero-order valence-electron chi connectivity index (χ0n) is 13.4. The van der Waals surface area contributed by atoms with Crippen LogP contribution in [0.3, 0.4) is 0 Å². The van der Waals surface area contributed by atoms with Gasteiger partial charge in [-0.2, -0.15) is 0 Å². The molecule has 0 saturated carbocycles. The summed E-state index contributed by atoms with van der Waals surface area (Å²) in [6.07, 6.45) is 3.73. The molecule has 1 aliphatic carbocycles. The molecule has 2 atom stereocenters. The van der Waals surface area contributed by atoms with Gasteiger partial charge in [0, 0.05) is 32.7 Å². The summed E-state index contributed by atoms with van der Waals surface area (Å²) in [6.45, 7) is 3.69. The number of fused-ring (bicyclic) bond motifs is 1. The average molecular weight is 289 g/mol. The Morgan fingerprint density at radius 2 is 2.24 bits per heavy atom. The van der Waals surface area contributed by atoms with E-state index in [4.69, 9.17) is 4.74 Å². The molecule has 2 unspecified atom stereocenters. The molecule has 0 radical (unpaired) electrons. The van der Waals surface area contributed by atoms with Crippen molar-refractivity contribution in [2.45, 2.75) is 38.1 Å². The van der Waals surface area contributed by atoms with Crippen molar-refractivity contribution in [3.05, 3.63) is 35.4 Å². The smallest absolute Gasteiger partial charge is 0.191 e. The number of hydrogen-bond donors (Lipinski definition) is 2. The minimum atomic E-state index is 0.250. The first-order chi connectivity index (χ1) is 10.2. The highest BCUT2D eigenvalue weighted by atomic mass is 16.5. The van der Waals surface area contributed by atoms with Gasteiger partial charge < -0.3 is 15.4 Å². The molecule has 4 heteroatoms. The number of nitrogens with one attached hydrogen (secondary N) is 2. The van der Waals surface area contributed by atoms with Crippen LogP contribution in [0, 0.1) is 0 Å². The molecular formula is C17H27N3O. The van der Waals surface area contributed by atoms with Crippen LogP contribution >= 0.6 is 0 Å². The highest BCUT2D eigenvalue weighted by Gasteiger charge is 2.19. The second kappa shape index (κ2) is 8.03. The van der Waals surface area contributed by atoms with Crippen molar-refractivity contribution in [1.82, 2.24) is 10.6 Å². The van der Waals surface area contributed by atoms with E-state index < -0.39 is 0 Å². The number of nitrogens with zero attached hydrogens (tertiary/aromatic N) is 1. The van der Waals surface area contributed by atoms with Gasteiger partial charge in [0.2, 0.25) is 0 Å². The zero-order chi connectivity index (χ0) is 15.1. The van der Waals surface area contributed by atoms with E-state index in [2.05, 4.69) is 46.8 Å². The van der Waals surface area contributed by atoms with Gasteiger partial charge in [0.15, 0.2) is 5.96 Å². The van der Waals surface area contributed by atoms with Gasteiger partial charge in [0.25, 0.3) is 0 Å². The quantitative estimate of drug-likeness (QED) is 0.646. The first-order valence-electron chi connectivity index (χ1n) is 7.78. The van der Waals surface area contributed by atoms with Crippen LogP contribution in [0.15, 0.2) is 29.3 Å². The maximum atomic E-state index is 5.14. The Hall–Kier alpha value is -1.55. The molecule has 0 bridgehead atoms. The van der Waals surface area contributed by atoms with Crippen molar-refractivity contribution in [3.63, 3.8) is 0 Å². The van der Waals surface area contributed by atoms with E-state index in [1.54, 1.807) is 7.11 Å². The Labute approximate surface area is 128 Å². The molecule has 0 fully saturated rings. The maximum Gasteiger partial charge on any atom is 0.191 e. The summed E-state index contributed by atoms with van der Waals surface area (Å²) in [5.41, 5.74) is 3.00. The summed E-state index contributed by atoms with van der Waals surface area (Å²) in [7, 11) is 3.52. The first kappa shape index (κ1) is 15.8. The lowest BCUT2D eigenvalue weighted by atomic mass is 9.83. The van der Waals surface area contributed by atoms with Crippen molar-refractivity contribution in [2.24, 2.45) is 4.99 Å². The number of methoxy groups -OCH3 is 1. The summed E-state index contributed by atoms with van der Waals surface area (Å²) in [5, 5.41) is 6.80. The molecule has 1 aromatic rings. The third-order valence-corrected chi connectivity index (χ3v) is 4.03. The second-order valence-corrected chi connectivity index (χ2v) is 5.74. The number of ether oxygens (including phenoxy) is 1. The van der Waals surface area contributed by atoms with Crippen molar-refractivity contribution >= 4 is 5.96 Å². The lowest BCUT2D eigenvalue weighted by Crippen LogP contribution is -2.45. The predicted octanol–water partition coefficient (Wildman–Crippen LogP) is 2.31. The summed E-state index contributed by atoms with van der Waals surface area (Å²) >= 11 is 0. The highest BCUT2D eigenvalue weighted by molar-refractivity contribution is 5.80. The molecule has 0 heterocycles. The van der Waals surface area contributed by atoms with Crippen LogP contribution in [0.2, 0.25) is 0 Å². The van der Waals surface area contributed by atoms with Gasteiger partial charge >= 0.3 is 0 Å². The van der Waals surface area contributed by atoms with E-state index in [-0.39, 0.29) is 6.04 Å². The van der Waals surface area contributed by atoms with E-state index in [9.17, 15) is 0 Å². The van der Waals surface area contributed by atoms with Crippen LogP contribution in [0.4, 0.5) is 0 Å². The lowest BCUT2D eigenvalue weighted by molar-refractivity contribution is 0.179. The van der Waals surface area contributed by atoms with Crippen LogP contribution in [0.25, 0.3) is 0 Å². The van der Waals surface area contributed by atoms with E-state index in [0.29, 0.717) is 12.5 Å². The Morgan fingerprint density at radius 1 is 1.43 bits per heavy atom. The van der Waals surface area contributed by atoms with E-state index in [1.165, 1.54) is 30.4 Å². The fraction of sp³-hybridized carbons (Fsp3) is 0.588. The summed E-state index contributed by atoms with van der Waals surface area (Å²) < 4.78 is 5.14. The standard InChI is InChI=1S/C17H27N3O/c1-13(12-21-3)20-17(18-2)19-11-15-9-6-8-14-7-4-5-10-16(14)15/h4-5,7,10,13,15H,6,8-9,11-12H2,1-3H3,(H2,18,19,20). The molecule has 0 aliphatic heterocycles. The minimum absolute atomic E-state index is 0.250. The molecule has 116 valence electrons. The Morgan fingerprint density at radius 3 is 3.00 bits per heavy atom. The maximum absolute atomic E-state index is 5.14. The number of hydrogen-bond acceptors (Lipinski definition) is 2. The zero-order valence-corrected chi connectivity index (χ0v) is 13.4. The predicted molar refractivity (Wildman–Crippen MR) is 88.0 cm³/mol. The van der Waals surface area contributed by atoms with Crippen LogP contribution < -0.4 is 10.6 Å². The summed E-state index contributed by atoms with van der Waals surface area (Å²) in [6, 6.07) is 9.06. The fourth-order valence-electron chi connectivity index (χ4n) is 3.01. The van der Waals surface area contributed by atoms with Gasteiger partial charge in [-0.05, 0) is 37.3 Å². The van der Waals surface area contributed by atoms with Crippen molar-refractivity contribution in [2.75, 3.05) is 27.3 Å². The molecular weight excluding hydrogens is 262 g/mol. The summed E-state index contributed by atoms with van der Waals surface area (Å²) in [4.78, 5) is 4.29. The van der Waals surface area contributed by atoms with Crippen LogP contribution in [-0.2, 0) is 11.2 Å². The van der Waals surface area contributed by atoms with Gasteiger partial charge in [-0.3, -0.25) is 4.99 Å². The highest BCUT2D eigenvalue weighted by Crippen LogP contribution is 2.30. The second-order valence-electron chi connectivity index (χ2n) is 5.74. The van der Waals surface area contributed by atoms with Crippen molar-refractivity contribution < 1.29 is 4.74 Å². The number of rotatable bonds is 5. The molecule has 2 rings (SSSR count). The Balaban J connectivity index is 1.91. The topological polar surface area (TPSA) is 45.7 Å². The number of aryl methyl sites for hydroxylation is 1. The Kier molecular flexibility index (Phi) is 6.05. The SMILES string of the molecule is CN=C(NCC1CCCc2ccccc21)NC(C)COC. The van der Waals surface area contributed by atoms with Crippen LogP contribution in [0.5, 0.6) is 0 Å². The molecule has 1 aliphatic rings. The lowest BCUT2D eigenvalue weighted by Gasteiger charge is -2.27. The fourth-order valence-corrected chi connectivity index (χ4v) is 3.01. The Bertz CT molecular complexity index is 473. The average Bonchev–Trinajstić information content (AvgIpc) is 2.51. The third-order valence-electron chi connectivity index (χ3n) is 4.03. The van der Waals surface area contributed by atoms with E-state index in [0.717, 1.165) is 12.5 Å². The van der Waals surface area contributed by atoms with Crippen molar-refractivity contribution in [3.8, 4) is 0 Å². The first-order valence-corrected chi connectivity index (χ1v) is 7.78. The van der Waals surface area contributed by atoms with E-state index >= 15 is 0 Å². The number of aliphatic imine (C=N–C) groups is 1. The van der Waals surface area contributed by atoms with Crippen molar-refractivity contribution in [1.29, 1.82) is 0 Å². The monoisotopic (exact) mass is 289 g/mol. The molecule has 4 nitrogen and oxygen atoms in total. The largest absolute Gasteiger partial charge is 0.383 e. The third kappa shape index (κ3) is 4.46. The van der Waals surface area contributed by atoms with Gasteiger partial charge in [-0.1, -0.05) is 24.3 Å². The molecule has 0 saturated heterocycles. The van der Waals surface area contributed by atoms with Crippen LogP contribution in [0.1, 0.15) is 36.8 Å². The minimum Gasteiger partial charge on any atom is -0.383 e. The van der Waals surface area contributed by atoms with Crippen LogP contribution in [-0.4, -0.2) is 39.3 Å². The number of benzene rings is 1. The van der Waals surface area contributed by atoms with Gasteiger partial charge in [0.05, 0.1) is 6.61 Å². The molecule has 21 heavy (non-hydrogen) atoms. The molecule has 2 N–H and O–H groups in total. The van der Waals surface area contributed by atoms with Gasteiger partial charge in [-0.25, -0.2) is 0 Å². The number of guanidine groups is 1. The van der Waals surface area contributed by atoms with Gasteiger partial charge in [0.1, 0.15) is 0 Å².